The standard InChI is InChI=1S/C17H27N5O2/c1-14-16(23)20-9-8-18-6-4-11-22(12-10-21-17(14)24)13-15-5-2-3-7-19-15/h2-3,5,7,14,18H,4,6,8-13H2,1H3,(H,20,23)(H,21,24). The Balaban J connectivity index is 1.92. The molecule has 0 saturated carbocycles. The van der Waals surface area contributed by atoms with Crippen molar-refractivity contribution in [1.82, 2.24) is 25.8 Å². The zero-order valence-corrected chi connectivity index (χ0v) is 14.3. The molecule has 24 heavy (non-hydrogen) atoms. The van der Waals surface area contributed by atoms with Crippen LogP contribution in [0.3, 0.4) is 0 Å². The number of amides is 2. The molecule has 0 aromatic carbocycles. The zero-order valence-electron chi connectivity index (χ0n) is 14.3. The van der Waals surface area contributed by atoms with Gasteiger partial charge in [-0.1, -0.05) is 6.07 Å². The van der Waals surface area contributed by atoms with Crippen molar-refractivity contribution in [2.75, 3.05) is 39.3 Å². The molecule has 1 aliphatic heterocycles. The summed E-state index contributed by atoms with van der Waals surface area (Å²) in [7, 11) is 0. The molecule has 2 heterocycles. The lowest BCUT2D eigenvalue weighted by atomic mass is 10.1. The third-order valence-electron chi connectivity index (χ3n) is 4.05. The number of carbonyl (C=O) groups is 2. The number of nitrogens with one attached hydrogen (secondary N) is 3. The van der Waals surface area contributed by atoms with E-state index in [0.717, 1.165) is 38.3 Å². The molecule has 2 rings (SSSR count). The molecule has 1 aromatic rings. The van der Waals surface area contributed by atoms with Crippen molar-refractivity contribution in [2.24, 2.45) is 5.92 Å². The highest BCUT2D eigenvalue weighted by Crippen LogP contribution is 2.02. The van der Waals surface area contributed by atoms with E-state index in [1.807, 2.05) is 18.2 Å². The number of hydrogen-bond acceptors (Lipinski definition) is 5. The number of hydrogen-bond donors (Lipinski definition) is 3. The van der Waals surface area contributed by atoms with Gasteiger partial charge in [-0.05, 0) is 38.6 Å². The van der Waals surface area contributed by atoms with Crippen molar-refractivity contribution >= 4 is 11.8 Å². The van der Waals surface area contributed by atoms with Gasteiger partial charge < -0.3 is 16.0 Å². The molecule has 1 aliphatic rings. The summed E-state index contributed by atoms with van der Waals surface area (Å²) < 4.78 is 0. The minimum Gasteiger partial charge on any atom is -0.354 e. The van der Waals surface area contributed by atoms with Crippen LogP contribution in [0, 0.1) is 5.92 Å². The molecule has 1 atom stereocenters. The predicted molar refractivity (Wildman–Crippen MR) is 92.2 cm³/mol. The largest absolute Gasteiger partial charge is 0.354 e. The summed E-state index contributed by atoms with van der Waals surface area (Å²) >= 11 is 0. The summed E-state index contributed by atoms with van der Waals surface area (Å²) in [6.45, 7) is 6.72. The van der Waals surface area contributed by atoms with Crippen LogP contribution in [0.1, 0.15) is 19.0 Å². The lowest BCUT2D eigenvalue weighted by molar-refractivity contribution is -0.134. The maximum Gasteiger partial charge on any atom is 0.232 e. The van der Waals surface area contributed by atoms with Crippen LogP contribution in [0.5, 0.6) is 0 Å². The number of nitrogens with zero attached hydrogens (tertiary/aromatic N) is 2. The van der Waals surface area contributed by atoms with Crippen molar-refractivity contribution in [1.29, 1.82) is 0 Å². The van der Waals surface area contributed by atoms with Gasteiger partial charge in [0.25, 0.3) is 0 Å². The Morgan fingerprint density at radius 3 is 2.62 bits per heavy atom. The summed E-state index contributed by atoms with van der Waals surface area (Å²) in [6, 6.07) is 5.90. The second-order valence-electron chi connectivity index (χ2n) is 6.00. The Kier molecular flexibility index (Phi) is 7.64. The van der Waals surface area contributed by atoms with Gasteiger partial charge in [-0.3, -0.25) is 19.5 Å². The molecule has 1 aromatic heterocycles. The number of carbonyl (C=O) groups excluding carboxylic acids is 2. The molecule has 7 heteroatoms. The molecule has 3 N–H and O–H groups in total. The molecule has 1 unspecified atom stereocenters. The van der Waals surface area contributed by atoms with Gasteiger partial charge in [0.05, 0.1) is 5.69 Å². The van der Waals surface area contributed by atoms with Crippen LogP contribution in [0.2, 0.25) is 0 Å². The smallest absolute Gasteiger partial charge is 0.232 e. The van der Waals surface area contributed by atoms with Crippen LogP contribution in [-0.2, 0) is 16.1 Å². The minimum atomic E-state index is -0.669. The van der Waals surface area contributed by atoms with E-state index in [1.54, 1.807) is 13.1 Å². The van der Waals surface area contributed by atoms with E-state index in [1.165, 1.54) is 0 Å². The van der Waals surface area contributed by atoms with E-state index >= 15 is 0 Å². The predicted octanol–water partition coefficient (Wildman–Crippen LogP) is -0.255. The van der Waals surface area contributed by atoms with Crippen molar-refractivity contribution in [3.8, 4) is 0 Å². The van der Waals surface area contributed by atoms with E-state index in [9.17, 15) is 9.59 Å². The Bertz CT molecular complexity index is 523. The van der Waals surface area contributed by atoms with Crippen LogP contribution in [0.4, 0.5) is 0 Å². The first kappa shape index (κ1) is 18.4. The zero-order chi connectivity index (χ0) is 17.2. The van der Waals surface area contributed by atoms with Gasteiger partial charge in [0, 0.05) is 38.9 Å². The summed E-state index contributed by atoms with van der Waals surface area (Å²) in [6.07, 6.45) is 2.80. The van der Waals surface area contributed by atoms with Crippen LogP contribution >= 0.6 is 0 Å². The van der Waals surface area contributed by atoms with Crippen molar-refractivity contribution in [2.45, 2.75) is 19.9 Å². The second-order valence-corrected chi connectivity index (χ2v) is 6.00. The number of pyridine rings is 1. The van der Waals surface area contributed by atoms with Gasteiger partial charge >= 0.3 is 0 Å². The number of rotatable bonds is 2. The Morgan fingerprint density at radius 1 is 1.08 bits per heavy atom. The van der Waals surface area contributed by atoms with Gasteiger partial charge in [-0.25, -0.2) is 0 Å². The monoisotopic (exact) mass is 333 g/mol. The van der Waals surface area contributed by atoms with Crippen molar-refractivity contribution < 1.29 is 9.59 Å². The van der Waals surface area contributed by atoms with Gasteiger partial charge in [-0.2, -0.15) is 0 Å². The molecule has 0 radical (unpaired) electrons. The molecule has 2 amide bonds. The average Bonchev–Trinajstić information content (AvgIpc) is 2.59. The lowest BCUT2D eigenvalue weighted by Gasteiger charge is -2.23. The molecule has 0 aliphatic carbocycles. The summed E-state index contributed by atoms with van der Waals surface area (Å²) in [5.41, 5.74) is 1.02. The maximum atomic E-state index is 12.0. The van der Waals surface area contributed by atoms with E-state index < -0.39 is 5.92 Å². The Labute approximate surface area is 143 Å². The summed E-state index contributed by atoms with van der Waals surface area (Å²) in [5.74, 6) is -1.12. The van der Waals surface area contributed by atoms with Crippen LogP contribution in [0.15, 0.2) is 24.4 Å². The highest BCUT2D eigenvalue weighted by atomic mass is 16.2. The highest BCUT2D eigenvalue weighted by Gasteiger charge is 2.21. The van der Waals surface area contributed by atoms with Crippen LogP contribution in [0.25, 0.3) is 0 Å². The third kappa shape index (κ3) is 6.25. The van der Waals surface area contributed by atoms with Crippen molar-refractivity contribution in [3.63, 3.8) is 0 Å². The topological polar surface area (TPSA) is 86.4 Å². The van der Waals surface area contributed by atoms with Crippen LogP contribution in [-0.4, -0.2) is 61.0 Å². The molecule has 132 valence electrons. The maximum absolute atomic E-state index is 12.0. The lowest BCUT2D eigenvalue weighted by Crippen LogP contribution is -2.44. The van der Waals surface area contributed by atoms with Gasteiger partial charge in [0.1, 0.15) is 5.92 Å². The molecular formula is C17H27N5O2. The fourth-order valence-corrected chi connectivity index (χ4v) is 2.58. The SMILES string of the molecule is CC1C(=O)NCCNCCCN(Cc2ccccn2)CCNC1=O. The fourth-order valence-electron chi connectivity index (χ4n) is 2.58. The molecule has 0 spiro atoms. The average molecular weight is 333 g/mol. The molecule has 1 fully saturated rings. The van der Waals surface area contributed by atoms with E-state index in [2.05, 4.69) is 25.8 Å². The number of aromatic nitrogens is 1. The molecule has 7 nitrogen and oxygen atoms in total. The summed E-state index contributed by atoms with van der Waals surface area (Å²) in [5, 5.41) is 8.94. The van der Waals surface area contributed by atoms with E-state index in [0.29, 0.717) is 19.6 Å². The first-order chi connectivity index (χ1) is 11.7. The summed E-state index contributed by atoms with van der Waals surface area (Å²) in [4.78, 5) is 30.6. The fraction of sp³-hybridized carbons (Fsp3) is 0.588. The van der Waals surface area contributed by atoms with Gasteiger partial charge in [-0.15, -0.1) is 0 Å². The first-order valence-electron chi connectivity index (χ1n) is 8.55. The quantitative estimate of drug-likeness (QED) is 0.650. The minimum absolute atomic E-state index is 0.225. The Hall–Kier alpha value is -1.99. The molecule has 0 bridgehead atoms. The van der Waals surface area contributed by atoms with Gasteiger partial charge in [0.15, 0.2) is 0 Å². The molecule has 1 saturated heterocycles. The van der Waals surface area contributed by atoms with E-state index in [4.69, 9.17) is 0 Å². The first-order valence-corrected chi connectivity index (χ1v) is 8.55. The second kappa shape index (κ2) is 10.00. The third-order valence-corrected chi connectivity index (χ3v) is 4.05. The van der Waals surface area contributed by atoms with Crippen LogP contribution < -0.4 is 16.0 Å². The van der Waals surface area contributed by atoms with E-state index in [-0.39, 0.29) is 11.8 Å². The normalized spacial score (nSPS) is 22.3. The highest BCUT2D eigenvalue weighted by molar-refractivity contribution is 5.99. The Morgan fingerprint density at radius 2 is 1.88 bits per heavy atom. The molecular weight excluding hydrogens is 306 g/mol. The van der Waals surface area contributed by atoms with Crippen molar-refractivity contribution in [3.05, 3.63) is 30.1 Å². The van der Waals surface area contributed by atoms with Gasteiger partial charge in [0.2, 0.25) is 11.8 Å².